The van der Waals surface area contributed by atoms with Gasteiger partial charge in [0.05, 0.1) is 24.5 Å². The third-order valence-electron chi connectivity index (χ3n) is 1.89. The minimum atomic E-state index is -0.912. The van der Waals surface area contributed by atoms with Crippen LogP contribution in [0.3, 0.4) is 0 Å². The second-order valence-electron chi connectivity index (χ2n) is 2.79. The molecule has 0 spiro atoms. The summed E-state index contributed by atoms with van der Waals surface area (Å²) >= 11 is 0. The van der Waals surface area contributed by atoms with Crippen LogP contribution in [0.15, 0.2) is 12.4 Å². The Morgan fingerprint density at radius 2 is 2.07 bits per heavy atom. The first-order chi connectivity index (χ1) is 6.68. The highest BCUT2D eigenvalue weighted by Gasteiger charge is 2.29. The van der Waals surface area contributed by atoms with E-state index in [9.17, 15) is 13.6 Å². The molecular formula is C8H6F2N2O2. The molecule has 1 N–H and O–H groups in total. The molecule has 1 aliphatic rings. The summed E-state index contributed by atoms with van der Waals surface area (Å²) in [6.07, 6.45) is 0.172. The van der Waals surface area contributed by atoms with Crippen LogP contribution in [0.25, 0.3) is 0 Å². The highest BCUT2D eigenvalue weighted by atomic mass is 19.1. The van der Waals surface area contributed by atoms with Gasteiger partial charge in [0.15, 0.2) is 17.7 Å². The zero-order valence-corrected chi connectivity index (χ0v) is 6.96. The van der Waals surface area contributed by atoms with Gasteiger partial charge in [-0.05, 0) is 0 Å². The molecule has 1 saturated heterocycles. The number of rotatable bonds is 1. The van der Waals surface area contributed by atoms with Crippen LogP contribution in [0.1, 0.15) is 11.7 Å². The van der Waals surface area contributed by atoms with Gasteiger partial charge < -0.3 is 10.1 Å². The van der Waals surface area contributed by atoms with E-state index in [1.54, 1.807) is 0 Å². The van der Waals surface area contributed by atoms with Gasteiger partial charge in [0.2, 0.25) is 0 Å². The van der Waals surface area contributed by atoms with Crippen molar-refractivity contribution in [1.29, 1.82) is 0 Å². The zero-order valence-electron chi connectivity index (χ0n) is 6.96. The van der Waals surface area contributed by atoms with E-state index >= 15 is 0 Å². The van der Waals surface area contributed by atoms with Gasteiger partial charge in [-0.2, -0.15) is 0 Å². The minimum absolute atomic E-state index is 0.0662. The standard InChI is InChI=1S/C8H6F2N2O2/c9-4-1-11-2-5(10)7(4)6-3-12-8(13)14-6/h1-2,6H,3H2,(H,12,13). The fourth-order valence-corrected chi connectivity index (χ4v) is 1.28. The average Bonchev–Trinajstić information content (AvgIpc) is 2.51. The molecule has 4 nitrogen and oxygen atoms in total. The van der Waals surface area contributed by atoms with Gasteiger partial charge in [-0.25, -0.2) is 13.6 Å². The van der Waals surface area contributed by atoms with Crippen molar-refractivity contribution in [3.63, 3.8) is 0 Å². The lowest BCUT2D eigenvalue weighted by molar-refractivity contribution is 0.137. The Hall–Kier alpha value is -1.72. The van der Waals surface area contributed by atoms with Crippen molar-refractivity contribution in [3.8, 4) is 0 Å². The van der Waals surface area contributed by atoms with E-state index in [1.165, 1.54) is 0 Å². The molecule has 1 aromatic heterocycles. The van der Waals surface area contributed by atoms with Crippen LogP contribution < -0.4 is 5.32 Å². The number of nitrogens with one attached hydrogen (secondary N) is 1. The second kappa shape index (κ2) is 3.21. The molecule has 14 heavy (non-hydrogen) atoms. The number of halogens is 2. The summed E-state index contributed by atoms with van der Waals surface area (Å²) < 4.78 is 30.9. The summed E-state index contributed by atoms with van der Waals surface area (Å²) in [6.45, 7) is 0.0662. The lowest BCUT2D eigenvalue weighted by atomic mass is 10.1. The highest BCUT2D eigenvalue weighted by molar-refractivity contribution is 5.69. The molecule has 0 radical (unpaired) electrons. The monoisotopic (exact) mass is 200 g/mol. The maximum Gasteiger partial charge on any atom is 0.407 e. The molecule has 0 bridgehead atoms. The predicted octanol–water partition coefficient (Wildman–Crippen LogP) is 1.14. The summed E-state index contributed by atoms with van der Waals surface area (Å²) in [5.41, 5.74) is -0.265. The van der Waals surface area contributed by atoms with E-state index in [2.05, 4.69) is 15.0 Å². The first-order valence-corrected chi connectivity index (χ1v) is 3.92. The molecule has 1 aliphatic heterocycles. The van der Waals surface area contributed by atoms with E-state index in [0.29, 0.717) is 0 Å². The number of amides is 1. The fraction of sp³-hybridized carbons (Fsp3) is 0.250. The first kappa shape index (κ1) is 8.86. The Balaban J connectivity index is 2.36. The van der Waals surface area contributed by atoms with Crippen LogP contribution in [0.5, 0.6) is 0 Å². The number of nitrogens with zero attached hydrogens (tertiary/aromatic N) is 1. The molecule has 6 heteroatoms. The van der Waals surface area contributed by atoms with Crippen molar-refractivity contribution in [1.82, 2.24) is 10.3 Å². The number of cyclic esters (lactones) is 1. The van der Waals surface area contributed by atoms with Crippen molar-refractivity contribution in [2.75, 3.05) is 6.54 Å². The van der Waals surface area contributed by atoms with Gasteiger partial charge in [0.1, 0.15) is 0 Å². The average molecular weight is 200 g/mol. The van der Waals surface area contributed by atoms with E-state index in [1.807, 2.05) is 0 Å². The Labute approximate surface area is 77.9 Å². The molecule has 1 amide bonds. The van der Waals surface area contributed by atoms with E-state index < -0.39 is 23.8 Å². The number of ether oxygens (including phenoxy) is 1. The van der Waals surface area contributed by atoms with Gasteiger partial charge in [-0.3, -0.25) is 4.98 Å². The number of hydrogen-bond donors (Lipinski definition) is 1. The van der Waals surface area contributed by atoms with Crippen LogP contribution >= 0.6 is 0 Å². The van der Waals surface area contributed by atoms with Gasteiger partial charge in [-0.15, -0.1) is 0 Å². The van der Waals surface area contributed by atoms with Crippen LogP contribution in [0.4, 0.5) is 13.6 Å². The molecular weight excluding hydrogens is 194 g/mol. The molecule has 1 unspecified atom stereocenters. The lowest BCUT2D eigenvalue weighted by Crippen LogP contribution is -2.13. The number of carbonyl (C=O) groups excluding carboxylic acids is 1. The molecule has 74 valence electrons. The number of hydrogen-bond acceptors (Lipinski definition) is 3. The van der Waals surface area contributed by atoms with E-state index in [0.717, 1.165) is 12.4 Å². The number of alkyl carbamates (subject to hydrolysis) is 1. The van der Waals surface area contributed by atoms with Crippen LogP contribution in [0, 0.1) is 11.6 Å². The first-order valence-electron chi connectivity index (χ1n) is 3.92. The van der Waals surface area contributed by atoms with Crippen molar-refractivity contribution >= 4 is 6.09 Å². The molecule has 1 aromatic rings. The number of pyridine rings is 1. The quantitative estimate of drug-likeness (QED) is 0.739. The van der Waals surface area contributed by atoms with Crippen LogP contribution in [0.2, 0.25) is 0 Å². The zero-order chi connectivity index (χ0) is 10.1. The minimum Gasteiger partial charge on any atom is -0.439 e. The number of carbonyl (C=O) groups is 1. The number of aromatic nitrogens is 1. The van der Waals surface area contributed by atoms with Crippen molar-refractivity contribution in [2.45, 2.75) is 6.10 Å². The molecule has 2 rings (SSSR count). The predicted molar refractivity (Wildman–Crippen MR) is 41.4 cm³/mol. The Morgan fingerprint density at radius 3 is 2.57 bits per heavy atom. The highest BCUT2D eigenvalue weighted by Crippen LogP contribution is 2.25. The second-order valence-corrected chi connectivity index (χ2v) is 2.79. The SMILES string of the molecule is O=C1NCC(c2c(F)cncc2F)O1. The molecule has 0 saturated carbocycles. The summed E-state index contributed by atoms with van der Waals surface area (Å²) in [7, 11) is 0. The molecule has 1 atom stereocenters. The Kier molecular flexibility index (Phi) is 2.03. The van der Waals surface area contributed by atoms with Gasteiger partial charge in [0.25, 0.3) is 0 Å². The molecule has 1 fully saturated rings. The molecule has 2 heterocycles. The third-order valence-corrected chi connectivity index (χ3v) is 1.89. The van der Waals surface area contributed by atoms with Gasteiger partial charge in [-0.1, -0.05) is 0 Å². The third kappa shape index (κ3) is 1.39. The normalized spacial score (nSPS) is 20.4. The van der Waals surface area contributed by atoms with Crippen LogP contribution in [-0.2, 0) is 4.74 Å². The largest absolute Gasteiger partial charge is 0.439 e. The summed E-state index contributed by atoms with van der Waals surface area (Å²) in [4.78, 5) is 14.0. The Morgan fingerprint density at radius 1 is 1.43 bits per heavy atom. The topological polar surface area (TPSA) is 51.2 Å². The van der Waals surface area contributed by atoms with Gasteiger partial charge >= 0.3 is 6.09 Å². The van der Waals surface area contributed by atoms with E-state index in [4.69, 9.17) is 0 Å². The summed E-state index contributed by atoms with van der Waals surface area (Å²) in [5.74, 6) is -1.63. The summed E-state index contributed by atoms with van der Waals surface area (Å²) in [5, 5.41) is 2.31. The van der Waals surface area contributed by atoms with Crippen LogP contribution in [-0.4, -0.2) is 17.6 Å². The maximum absolute atomic E-state index is 13.1. The lowest BCUT2D eigenvalue weighted by Gasteiger charge is -2.09. The van der Waals surface area contributed by atoms with Crippen molar-refractivity contribution in [2.24, 2.45) is 0 Å². The van der Waals surface area contributed by atoms with Gasteiger partial charge in [0, 0.05) is 0 Å². The van der Waals surface area contributed by atoms with Crippen molar-refractivity contribution in [3.05, 3.63) is 29.6 Å². The Bertz CT molecular complexity index is 363. The maximum atomic E-state index is 13.1. The van der Waals surface area contributed by atoms with Crippen molar-refractivity contribution < 1.29 is 18.3 Å². The summed E-state index contributed by atoms with van der Waals surface area (Å²) in [6, 6.07) is 0. The van der Waals surface area contributed by atoms with E-state index in [-0.39, 0.29) is 12.1 Å². The molecule has 0 aromatic carbocycles. The molecule has 0 aliphatic carbocycles. The smallest absolute Gasteiger partial charge is 0.407 e. The fourth-order valence-electron chi connectivity index (χ4n) is 1.28.